The smallest absolute Gasteiger partial charge is 0.0752 e. The Balaban J connectivity index is 1.51. The van der Waals surface area contributed by atoms with Crippen LogP contribution in [0.5, 0.6) is 0 Å². The Morgan fingerprint density at radius 2 is 0.784 bits per heavy atom. The molecule has 0 atom stereocenters. The first-order valence-corrected chi connectivity index (χ1v) is 12.5. The molecule has 6 rings (SSSR count). The van der Waals surface area contributed by atoms with Gasteiger partial charge in [-0.15, -0.1) is 0 Å². The van der Waals surface area contributed by atoms with Gasteiger partial charge in [-0.1, -0.05) is 97.1 Å². The Morgan fingerprint density at radius 1 is 0.459 bits per heavy atom. The van der Waals surface area contributed by atoms with Gasteiger partial charge in [0.05, 0.1) is 39.6 Å². The highest BCUT2D eigenvalue weighted by Crippen LogP contribution is 2.36. The Labute approximate surface area is 217 Å². The van der Waals surface area contributed by atoms with Crippen LogP contribution in [-0.4, -0.2) is 19.6 Å². The van der Waals surface area contributed by atoms with Crippen LogP contribution in [0, 0.1) is 0 Å². The first-order valence-electron chi connectivity index (χ1n) is 12.5. The summed E-state index contributed by atoms with van der Waals surface area (Å²) < 4.78 is 4.08. The first-order chi connectivity index (χ1) is 18.1. The summed E-state index contributed by atoms with van der Waals surface area (Å²) in [4.78, 5) is 0. The topological polar surface area (TPSA) is 35.6 Å². The fraction of sp³-hybridized carbons (Fsp3) is 0.0909. The lowest BCUT2D eigenvalue weighted by Crippen LogP contribution is -2.21. The highest BCUT2D eigenvalue weighted by atomic mass is 15.3. The number of nitrogens with zero attached hydrogens (tertiary/aromatic N) is 4. The maximum atomic E-state index is 5.16. The molecular formula is C33H28N4. The lowest BCUT2D eigenvalue weighted by molar-refractivity contribution is 0.577. The number of rotatable bonds is 6. The van der Waals surface area contributed by atoms with Crippen LogP contribution < -0.4 is 0 Å². The molecule has 0 N–H and O–H groups in total. The average Bonchev–Trinajstić information content (AvgIpc) is 3.62. The molecule has 0 saturated heterocycles. The number of hydrogen-bond acceptors (Lipinski definition) is 2. The molecule has 0 radical (unpaired) electrons. The van der Waals surface area contributed by atoms with E-state index in [1.54, 1.807) is 0 Å². The molecule has 4 aromatic carbocycles. The maximum Gasteiger partial charge on any atom is 0.0752 e. The van der Waals surface area contributed by atoms with Crippen molar-refractivity contribution in [2.75, 3.05) is 0 Å². The van der Waals surface area contributed by atoms with E-state index in [0.29, 0.717) is 0 Å². The van der Waals surface area contributed by atoms with Crippen molar-refractivity contribution in [2.24, 2.45) is 0 Å². The Hall–Kier alpha value is -4.70. The molecule has 0 fully saturated rings. The van der Waals surface area contributed by atoms with Gasteiger partial charge < -0.3 is 0 Å². The molecule has 0 unspecified atom stereocenters. The predicted molar refractivity (Wildman–Crippen MR) is 150 cm³/mol. The van der Waals surface area contributed by atoms with E-state index in [2.05, 4.69) is 98.8 Å². The van der Waals surface area contributed by atoms with E-state index in [1.165, 1.54) is 0 Å². The van der Waals surface area contributed by atoms with Crippen LogP contribution in [-0.2, 0) is 5.41 Å². The molecule has 4 heteroatoms. The van der Waals surface area contributed by atoms with Gasteiger partial charge in [0.2, 0.25) is 0 Å². The second-order valence-electron chi connectivity index (χ2n) is 9.68. The van der Waals surface area contributed by atoms with Crippen molar-refractivity contribution in [3.05, 3.63) is 145 Å². The monoisotopic (exact) mass is 480 g/mol. The van der Waals surface area contributed by atoms with Crippen LogP contribution in [0.4, 0.5) is 0 Å². The molecule has 0 aliphatic heterocycles. The summed E-state index contributed by atoms with van der Waals surface area (Å²) in [5.74, 6) is 0. The normalized spacial score (nSPS) is 11.5. The zero-order valence-corrected chi connectivity index (χ0v) is 21.0. The highest BCUT2D eigenvalue weighted by Gasteiger charge is 2.32. The summed E-state index contributed by atoms with van der Waals surface area (Å²) in [5.41, 5.74) is 7.92. The standard InChI is InChI=1S/C33H28N4/c1-33(2,31-23-29(25-15-7-3-8-16-25)36(34-31)27-19-11-5-12-20-27)32-24-30(26-17-9-4-10-18-26)37(35-32)28-21-13-6-14-22-28/h3-24H,1-2H3. The van der Waals surface area contributed by atoms with Crippen molar-refractivity contribution >= 4 is 0 Å². The third kappa shape index (κ3) is 4.27. The van der Waals surface area contributed by atoms with E-state index in [1.807, 2.05) is 57.9 Å². The maximum absolute atomic E-state index is 5.16. The average molecular weight is 481 g/mol. The minimum absolute atomic E-state index is 0.437. The molecule has 0 amide bonds. The van der Waals surface area contributed by atoms with E-state index in [4.69, 9.17) is 10.2 Å². The minimum Gasteiger partial charge on any atom is -0.233 e. The van der Waals surface area contributed by atoms with Crippen LogP contribution >= 0.6 is 0 Å². The summed E-state index contributed by atoms with van der Waals surface area (Å²) in [7, 11) is 0. The van der Waals surface area contributed by atoms with Gasteiger partial charge in [-0.2, -0.15) is 10.2 Å². The van der Waals surface area contributed by atoms with Gasteiger partial charge in [-0.3, -0.25) is 0 Å². The number of aromatic nitrogens is 4. The molecule has 37 heavy (non-hydrogen) atoms. The van der Waals surface area contributed by atoms with Crippen LogP contribution in [0.1, 0.15) is 25.2 Å². The number of hydrogen-bond donors (Lipinski definition) is 0. The zero-order valence-electron chi connectivity index (χ0n) is 21.0. The van der Waals surface area contributed by atoms with Gasteiger partial charge in [-0.05, 0) is 50.2 Å². The highest BCUT2D eigenvalue weighted by molar-refractivity contribution is 5.65. The Bertz CT molecular complexity index is 1380. The van der Waals surface area contributed by atoms with Crippen molar-refractivity contribution in [1.29, 1.82) is 0 Å². The molecule has 0 aliphatic rings. The summed E-state index contributed by atoms with van der Waals surface area (Å²) >= 11 is 0. The molecule has 0 aliphatic carbocycles. The fourth-order valence-corrected chi connectivity index (χ4v) is 4.67. The lowest BCUT2D eigenvalue weighted by Gasteiger charge is -2.19. The molecule has 4 nitrogen and oxygen atoms in total. The molecule has 0 saturated carbocycles. The lowest BCUT2D eigenvalue weighted by atomic mass is 9.85. The van der Waals surface area contributed by atoms with Crippen LogP contribution in [0.3, 0.4) is 0 Å². The van der Waals surface area contributed by atoms with Crippen molar-refractivity contribution in [2.45, 2.75) is 19.3 Å². The van der Waals surface area contributed by atoms with Crippen molar-refractivity contribution < 1.29 is 0 Å². The molecular weight excluding hydrogens is 452 g/mol. The summed E-state index contributed by atoms with van der Waals surface area (Å²) in [5, 5.41) is 10.3. The molecule has 0 spiro atoms. The molecule has 2 heterocycles. The summed E-state index contributed by atoms with van der Waals surface area (Å²) in [6.07, 6.45) is 0. The van der Waals surface area contributed by atoms with E-state index >= 15 is 0 Å². The van der Waals surface area contributed by atoms with Crippen LogP contribution in [0.2, 0.25) is 0 Å². The number of para-hydroxylation sites is 2. The van der Waals surface area contributed by atoms with Gasteiger partial charge in [0.1, 0.15) is 0 Å². The second kappa shape index (κ2) is 9.40. The summed E-state index contributed by atoms with van der Waals surface area (Å²) in [6.45, 7) is 4.40. The number of benzene rings is 4. The van der Waals surface area contributed by atoms with E-state index in [-0.39, 0.29) is 0 Å². The third-order valence-electron chi connectivity index (χ3n) is 6.84. The molecule has 6 aromatic rings. The SMILES string of the molecule is CC(C)(c1cc(-c2ccccc2)n(-c2ccccc2)n1)c1cc(-c2ccccc2)n(-c2ccccc2)n1. The third-order valence-corrected chi connectivity index (χ3v) is 6.84. The van der Waals surface area contributed by atoms with Crippen LogP contribution in [0.15, 0.2) is 133 Å². The van der Waals surface area contributed by atoms with Crippen molar-refractivity contribution in [1.82, 2.24) is 19.6 Å². The quantitative estimate of drug-likeness (QED) is 0.245. The van der Waals surface area contributed by atoms with Crippen molar-refractivity contribution in [3.8, 4) is 33.9 Å². The van der Waals surface area contributed by atoms with Gasteiger partial charge in [0.15, 0.2) is 0 Å². The Kier molecular flexibility index (Phi) is 5.78. The summed E-state index contributed by atoms with van der Waals surface area (Å²) in [6, 6.07) is 45.9. The molecule has 180 valence electrons. The van der Waals surface area contributed by atoms with Gasteiger partial charge in [0.25, 0.3) is 0 Å². The van der Waals surface area contributed by atoms with Crippen molar-refractivity contribution in [3.63, 3.8) is 0 Å². The minimum atomic E-state index is -0.437. The zero-order chi connectivity index (χ0) is 25.2. The van der Waals surface area contributed by atoms with Gasteiger partial charge in [-0.25, -0.2) is 9.36 Å². The Morgan fingerprint density at radius 3 is 1.14 bits per heavy atom. The molecule has 0 bridgehead atoms. The molecule has 2 aromatic heterocycles. The van der Waals surface area contributed by atoms with Gasteiger partial charge >= 0.3 is 0 Å². The largest absolute Gasteiger partial charge is 0.233 e. The van der Waals surface area contributed by atoms with Crippen LogP contribution in [0.25, 0.3) is 33.9 Å². The van der Waals surface area contributed by atoms with E-state index in [9.17, 15) is 0 Å². The first kappa shape index (κ1) is 22.7. The van der Waals surface area contributed by atoms with Gasteiger partial charge in [0, 0.05) is 11.1 Å². The van der Waals surface area contributed by atoms with E-state index < -0.39 is 5.41 Å². The fourth-order valence-electron chi connectivity index (χ4n) is 4.67. The van der Waals surface area contributed by atoms with E-state index in [0.717, 1.165) is 45.3 Å². The predicted octanol–water partition coefficient (Wildman–Crippen LogP) is 7.72. The second-order valence-corrected chi connectivity index (χ2v) is 9.68.